The van der Waals surface area contributed by atoms with Gasteiger partial charge in [-0.05, 0) is 30.3 Å². The summed E-state index contributed by atoms with van der Waals surface area (Å²) in [6, 6.07) is 12.9. The molecule has 134 valence electrons. The second kappa shape index (κ2) is 7.30. The zero-order chi connectivity index (χ0) is 18.6. The van der Waals surface area contributed by atoms with Crippen molar-refractivity contribution in [2.24, 2.45) is 0 Å². The quantitative estimate of drug-likeness (QED) is 0.714. The summed E-state index contributed by atoms with van der Waals surface area (Å²) in [5.74, 6) is 0.351. The van der Waals surface area contributed by atoms with E-state index in [1.807, 2.05) is 41.2 Å². The van der Waals surface area contributed by atoms with Crippen molar-refractivity contribution in [3.05, 3.63) is 72.4 Å². The van der Waals surface area contributed by atoms with Crippen LogP contribution in [0.3, 0.4) is 0 Å². The molecule has 7 nitrogen and oxygen atoms in total. The molecule has 1 fully saturated rings. The molecule has 0 aromatic carbocycles. The number of nitrogens with zero attached hydrogens (tertiary/aromatic N) is 5. The van der Waals surface area contributed by atoms with Gasteiger partial charge in [0.25, 0.3) is 5.91 Å². The molecule has 3 aromatic rings. The van der Waals surface area contributed by atoms with Crippen molar-refractivity contribution in [3.63, 3.8) is 0 Å². The molecule has 1 amide bonds. The Bertz CT molecular complexity index is 976. The third kappa shape index (κ3) is 3.65. The van der Waals surface area contributed by atoms with Crippen LogP contribution in [0.5, 0.6) is 5.88 Å². The van der Waals surface area contributed by atoms with Crippen LogP contribution in [0.4, 0.5) is 0 Å². The predicted octanol–water partition coefficient (Wildman–Crippen LogP) is 2.43. The number of likely N-dealkylation sites (tertiary alicyclic amines) is 1. The molecular weight excluding hydrogens is 342 g/mol. The van der Waals surface area contributed by atoms with Gasteiger partial charge >= 0.3 is 0 Å². The highest BCUT2D eigenvalue weighted by Gasteiger charge is 2.29. The number of rotatable bonds is 4. The van der Waals surface area contributed by atoms with Crippen molar-refractivity contribution in [2.45, 2.75) is 12.5 Å². The van der Waals surface area contributed by atoms with Crippen LogP contribution >= 0.6 is 0 Å². The topological polar surface area (TPSA) is 84.0 Å². The van der Waals surface area contributed by atoms with Crippen LogP contribution in [-0.2, 0) is 0 Å². The molecule has 0 N–H and O–H groups in total. The average Bonchev–Trinajstić information content (AvgIpc) is 3.40. The Hall–Kier alpha value is -3.66. The van der Waals surface area contributed by atoms with Crippen LogP contribution in [0.1, 0.15) is 22.5 Å². The minimum absolute atomic E-state index is 0.108. The van der Waals surface area contributed by atoms with Gasteiger partial charge in [-0.15, -0.1) is 0 Å². The molecule has 4 rings (SSSR count). The van der Waals surface area contributed by atoms with E-state index in [0.717, 1.165) is 12.1 Å². The van der Waals surface area contributed by atoms with Crippen LogP contribution in [0.25, 0.3) is 5.69 Å². The van der Waals surface area contributed by atoms with Crippen molar-refractivity contribution >= 4 is 5.91 Å². The maximum Gasteiger partial charge on any atom is 0.272 e. The molecule has 0 saturated carbocycles. The van der Waals surface area contributed by atoms with Crippen LogP contribution in [0, 0.1) is 11.3 Å². The van der Waals surface area contributed by atoms with E-state index in [-0.39, 0.29) is 12.0 Å². The molecule has 1 unspecified atom stereocenters. The Morgan fingerprint density at radius 2 is 2.07 bits per heavy atom. The Balaban J connectivity index is 1.42. The first-order chi connectivity index (χ1) is 13.2. The number of pyridine rings is 2. The number of hydrogen-bond acceptors (Lipinski definition) is 5. The second-order valence-electron chi connectivity index (χ2n) is 6.27. The third-order valence-corrected chi connectivity index (χ3v) is 4.45. The van der Waals surface area contributed by atoms with Gasteiger partial charge < -0.3 is 14.2 Å². The van der Waals surface area contributed by atoms with Crippen molar-refractivity contribution in [1.29, 1.82) is 5.26 Å². The van der Waals surface area contributed by atoms with Gasteiger partial charge in [0, 0.05) is 49.5 Å². The molecule has 4 heterocycles. The Morgan fingerprint density at radius 1 is 1.22 bits per heavy atom. The van der Waals surface area contributed by atoms with Gasteiger partial charge in [-0.2, -0.15) is 5.26 Å². The van der Waals surface area contributed by atoms with Gasteiger partial charge in [0.1, 0.15) is 17.9 Å². The molecule has 3 aromatic heterocycles. The Morgan fingerprint density at radius 3 is 2.81 bits per heavy atom. The molecule has 0 bridgehead atoms. The summed E-state index contributed by atoms with van der Waals surface area (Å²) in [5, 5.41) is 8.81. The van der Waals surface area contributed by atoms with Crippen molar-refractivity contribution in [1.82, 2.24) is 19.4 Å². The lowest BCUT2D eigenvalue weighted by atomic mass is 10.3. The van der Waals surface area contributed by atoms with Crippen molar-refractivity contribution < 1.29 is 9.53 Å². The summed E-state index contributed by atoms with van der Waals surface area (Å²) in [7, 11) is 0. The second-order valence-corrected chi connectivity index (χ2v) is 6.27. The fraction of sp³-hybridized carbons (Fsp3) is 0.200. The van der Waals surface area contributed by atoms with Crippen LogP contribution in [0.15, 0.2) is 61.2 Å². The molecule has 1 aliphatic rings. The van der Waals surface area contributed by atoms with Crippen molar-refractivity contribution in [3.8, 4) is 17.6 Å². The highest BCUT2D eigenvalue weighted by atomic mass is 16.5. The summed E-state index contributed by atoms with van der Waals surface area (Å²) in [4.78, 5) is 22.9. The standard InChI is InChI=1S/C20H17N5O2/c21-12-15-3-4-19(23-13-15)27-17-6-10-25(14-17)20(26)18-11-16(5-7-22-18)24-8-1-2-9-24/h1-5,7-9,11,13,17H,6,10,14H2. The van der Waals surface area contributed by atoms with E-state index in [9.17, 15) is 4.79 Å². The highest BCUT2D eigenvalue weighted by molar-refractivity contribution is 5.93. The largest absolute Gasteiger partial charge is 0.472 e. The maximum atomic E-state index is 12.8. The van der Waals surface area contributed by atoms with E-state index in [1.165, 1.54) is 6.20 Å². The SMILES string of the molecule is N#Cc1ccc(OC2CCN(C(=O)c3cc(-n4cccc4)ccn3)C2)nc1. The lowest BCUT2D eigenvalue weighted by Crippen LogP contribution is -2.31. The van der Waals surface area contributed by atoms with E-state index in [0.29, 0.717) is 30.2 Å². The number of carbonyl (C=O) groups is 1. The molecule has 1 atom stereocenters. The van der Waals surface area contributed by atoms with Gasteiger partial charge in [0.05, 0.1) is 12.1 Å². The van der Waals surface area contributed by atoms with E-state index >= 15 is 0 Å². The van der Waals surface area contributed by atoms with Gasteiger partial charge in [0.2, 0.25) is 5.88 Å². The van der Waals surface area contributed by atoms with Crippen LogP contribution in [0.2, 0.25) is 0 Å². The highest BCUT2D eigenvalue weighted by Crippen LogP contribution is 2.19. The first-order valence-electron chi connectivity index (χ1n) is 8.64. The molecule has 1 saturated heterocycles. The van der Waals surface area contributed by atoms with Gasteiger partial charge in [-0.1, -0.05) is 0 Å². The minimum atomic E-state index is -0.123. The zero-order valence-corrected chi connectivity index (χ0v) is 14.5. The number of nitriles is 1. The predicted molar refractivity (Wildman–Crippen MR) is 97.5 cm³/mol. The summed E-state index contributed by atoms with van der Waals surface area (Å²) in [6.07, 6.45) is 7.57. The molecule has 0 aliphatic carbocycles. The van der Waals surface area contributed by atoms with Crippen LogP contribution in [-0.4, -0.2) is 44.5 Å². The monoisotopic (exact) mass is 359 g/mol. The number of carbonyl (C=O) groups excluding carboxylic acids is 1. The number of hydrogen-bond donors (Lipinski definition) is 0. The molecule has 7 heteroatoms. The summed E-state index contributed by atoms with van der Waals surface area (Å²) in [5.41, 5.74) is 1.80. The lowest BCUT2D eigenvalue weighted by Gasteiger charge is -2.17. The van der Waals surface area contributed by atoms with Crippen molar-refractivity contribution in [2.75, 3.05) is 13.1 Å². The van der Waals surface area contributed by atoms with Gasteiger partial charge in [-0.25, -0.2) is 4.98 Å². The first-order valence-corrected chi connectivity index (χ1v) is 8.64. The van der Waals surface area contributed by atoms with Gasteiger partial charge in [0.15, 0.2) is 0 Å². The first kappa shape index (κ1) is 16.8. The molecule has 1 aliphatic heterocycles. The summed E-state index contributed by atoms with van der Waals surface area (Å²) < 4.78 is 7.77. The van der Waals surface area contributed by atoms with E-state index in [4.69, 9.17) is 10.00 Å². The lowest BCUT2D eigenvalue weighted by molar-refractivity contribution is 0.0765. The van der Waals surface area contributed by atoms with Gasteiger partial charge in [-0.3, -0.25) is 9.78 Å². The molecule has 27 heavy (non-hydrogen) atoms. The molecular formula is C20H17N5O2. The molecule has 0 radical (unpaired) electrons. The van der Waals surface area contributed by atoms with E-state index < -0.39 is 0 Å². The fourth-order valence-electron chi connectivity index (χ4n) is 3.06. The van der Waals surface area contributed by atoms with Crippen LogP contribution < -0.4 is 4.74 Å². The van der Waals surface area contributed by atoms with E-state index in [2.05, 4.69) is 9.97 Å². The summed E-state index contributed by atoms with van der Waals surface area (Å²) in [6.45, 7) is 1.09. The number of ether oxygens (including phenoxy) is 1. The third-order valence-electron chi connectivity index (χ3n) is 4.45. The Labute approximate surface area is 156 Å². The maximum absolute atomic E-state index is 12.8. The summed E-state index contributed by atoms with van der Waals surface area (Å²) >= 11 is 0. The fourth-order valence-corrected chi connectivity index (χ4v) is 3.06. The minimum Gasteiger partial charge on any atom is -0.472 e. The molecule has 0 spiro atoms. The average molecular weight is 359 g/mol. The zero-order valence-electron chi connectivity index (χ0n) is 14.5. The number of aromatic nitrogens is 3. The normalized spacial score (nSPS) is 16.1. The smallest absolute Gasteiger partial charge is 0.272 e. The number of amides is 1. The Kier molecular flexibility index (Phi) is 4.54. The van der Waals surface area contributed by atoms with E-state index in [1.54, 1.807) is 29.3 Å².